The van der Waals surface area contributed by atoms with Crippen LogP contribution >= 0.6 is 0 Å². The molecule has 0 heterocycles. The summed E-state index contributed by atoms with van der Waals surface area (Å²) in [5.74, 6) is 1.11. The van der Waals surface area contributed by atoms with Crippen molar-refractivity contribution in [1.29, 1.82) is 0 Å². The summed E-state index contributed by atoms with van der Waals surface area (Å²) in [7, 11) is 4.09. The minimum atomic E-state index is -0.703. The van der Waals surface area contributed by atoms with Crippen molar-refractivity contribution in [3.05, 3.63) is 114 Å². The minimum Gasteiger partial charge on any atom is -0.492 e. The van der Waals surface area contributed by atoms with E-state index in [0.29, 0.717) is 13.0 Å². The summed E-state index contributed by atoms with van der Waals surface area (Å²) in [5, 5.41) is 10.3. The van der Waals surface area contributed by atoms with Crippen molar-refractivity contribution in [1.82, 2.24) is 4.90 Å². The molecule has 0 bridgehead atoms. The lowest BCUT2D eigenvalue weighted by Gasteiger charge is -2.20. The molecule has 3 nitrogen and oxygen atoms in total. The van der Waals surface area contributed by atoms with E-state index in [9.17, 15) is 5.11 Å². The molecule has 35 heavy (non-hydrogen) atoms. The van der Waals surface area contributed by atoms with Crippen LogP contribution in [0.2, 0.25) is 0 Å². The van der Waals surface area contributed by atoms with Crippen molar-refractivity contribution in [2.45, 2.75) is 32.8 Å². The average Bonchev–Trinajstić information content (AvgIpc) is 2.82. The molecule has 3 rings (SSSR count). The number of nitrogens with zero attached hydrogens (tertiary/aromatic N) is 1. The number of likely N-dealkylation sites (N-methyl/N-ethyl adjacent to an activating group) is 1. The lowest BCUT2D eigenvalue weighted by molar-refractivity contribution is 0.0613. The van der Waals surface area contributed by atoms with Gasteiger partial charge in [-0.05, 0) is 80.3 Å². The van der Waals surface area contributed by atoms with Crippen LogP contribution in [0.25, 0.3) is 11.1 Å². The van der Waals surface area contributed by atoms with Gasteiger partial charge in [-0.1, -0.05) is 91.9 Å². The quantitative estimate of drug-likeness (QED) is 0.244. The molecular formula is C32H39NO2. The Morgan fingerprint density at radius 2 is 1.40 bits per heavy atom. The van der Waals surface area contributed by atoms with Crippen molar-refractivity contribution in [3.63, 3.8) is 0 Å². The Morgan fingerprint density at radius 1 is 0.857 bits per heavy atom. The van der Waals surface area contributed by atoms with Crippen LogP contribution in [0.15, 0.2) is 97.1 Å². The van der Waals surface area contributed by atoms with Crippen molar-refractivity contribution in [3.8, 4) is 5.75 Å². The number of hydrogen-bond acceptors (Lipinski definition) is 3. The summed E-state index contributed by atoms with van der Waals surface area (Å²) < 4.78 is 5.93. The van der Waals surface area contributed by atoms with Gasteiger partial charge in [-0.3, -0.25) is 0 Å². The molecule has 0 fully saturated rings. The monoisotopic (exact) mass is 469 g/mol. The summed E-state index contributed by atoms with van der Waals surface area (Å²) in [6, 6.07) is 29.4. The average molecular weight is 470 g/mol. The summed E-state index contributed by atoms with van der Waals surface area (Å²) in [6.07, 6.45) is 5.13. The molecule has 1 N–H and O–H groups in total. The maximum Gasteiger partial charge on any atom is 0.119 e. The number of hydrogen-bond donors (Lipinski definition) is 1. The molecule has 184 valence electrons. The third kappa shape index (κ3) is 8.54. The van der Waals surface area contributed by atoms with Gasteiger partial charge in [-0.2, -0.15) is 0 Å². The molecule has 0 aliphatic carbocycles. The first-order chi connectivity index (χ1) is 16.7. The molecule has 0 saturated heterocycles. The Balaban J connectivity index is 2.08. The van der Waals surface area contributed by atoms with E-state index in [1.54, 1.807) is 0 Å². The predicted octanol–water partition coefficient (Wildman–Crippen LogP) is 6.94. The molecule has 3 aromatic carbocycles. The van der Waals surface area contributed by atoms with Crippen LogP contribution < -0.4 is 4.74 Å². The first kappa shape index (κ1) is 26.5. The first-order valence-corrected chi connectivity index (χ1v) is 12.4. The third-order valence-corrected chi connectivity index (χ3v) is 5.78. The fraction of sp³-hybridized carbons (Fsp3) is 0.312. The molecule has 1 atom stereocenters. The lowest BCUT2D eigenvalue weighted by Crippen LogP contribution is -2.21. The first-order valence-electron chi connectivity index (χ1n) is 12.4. The largest absolute Gasteiger partial charge is 0.492 e. The predicted molar refractivity (Wildman–Crippen MR) is 149 cm³/mol. The van der Waals surface area contributed by atoms with Gasteiger partial charge in [0.25, 0.3) is 0 Å². The Hall–Kier alpha value is -3.14. The Bertz CT molecular complexity index is 1090. The van der Waals surface area contributed by atoms with Crippen LogP contribution in [-0.2, 0) is 0 Å². The molecule has 0 aromatic heterocycles. The number of benzene rings is 3. The van der Waals surface area contributed by atoms with Gasteiger partial charge in [0.1, 0.15) is 12.4 Å². The van der Waals surface area contributed by atoms with Gasteiger partial charge in [0.05, 0.1) is 5.60 Å². The van der Waals surface area contributed by atoms with Gasteiger partial charge in [0, 0.05) is 6.54 Å². The normalized spacial score (nSPS) is 13.7. The van der Waals surface area contributed by atoms with Crippen LogP contribution in [0, 0.1) is 5.92 Å². The van der Waals surface area contributed by atoms with E-state index in [1.165, 1.54) is 5.57 Å². The fourth-order valence-electron chi connectivity index (χ4n) is 4.20. The van der Waals surface area contributed by atoms with Gasteiger partial charge in [0.15, 0.2) is 0 Å². The molecule has 0 spiro atoms. The zero-order chi connectivity index (χ0) is 25.3. The van der Waals surface area contributed by atoms with E-state index >= 15 is 0 Å². The second-order valence-corrected chi connectivity index (χ2v) is 10.0. The highest BCUT2D eigenvalue weighted by Gasteiger charge is 2.17. The van der Waals surface area contributed by atoms with Crippen LogP contribution in [0.1, 0.15) is 43.9 Å². The standard InChI is InChI=1S/C32H39NO2/c1-25(24-32(2,3)34)16-21-30(26-12-8-6-9-13-26)31(27-14-10-7-11-15-27)28-17-19-29(20-18-28)35-23-22-33(4)5/h6-21,25,34H,22-24H2,1-5H3/b21-16-,31-30-. The van der Waals surface area contributed by atoms with E-state index < -0.39 is 5.60 Å². The number of allylic oxidation sites excluding steroid dienone is 3. The van der Waals surface area contributed by atoms with Crippen LogP contribution in [0.5, 0.6) is 5.75 Å². The molecule has 1 unspecified atom stereocenters. The maximum absolute atomic E-state index is 10.3. The molecule has 0 radical (unpaired) electrons. The maximum atomic E-state index is 10.3. The molecule has 3 heteroatoms. The molecule has 0 aliphatic heterocycles. The van der Waals surface area contributed by atoms with Crippen molar-refractivity contribution in [2.24, 2.45) is 5.92 Å². The third-order valence-electron chi connectivity index (χ3n) is 5.78. The van der Waals surface area contributed by atoms with E-state index in [4.69, 9.17) is 4.74 Å². The second-order valence-electron chi connectivity index (χ2n) is 10.0. The number of rotatable bonds is 11. The van der Waals surface area contributed by atoms with E-state index in [2.05, 4.69) is 96.8 Å². The van der Waals surface area contributed by atoms with E-state index in [1.807, 2.05) is 40.1 Å². The molecule has 0 amide bonds. The summed E-state index contributed by atoms with van der Waals surface area (Å²) in [4.78, 5) is 2.11. The smallest absolute Gasteiger partial charge is 0.119 e. The Morgan fingerprint density at radius 3 is 1.94 bits per heavy atom. The molecule has 3 aromatic rings. The molecular weight excluding hydrogens is 430 g/mol. The van der Waals surface area contributed by atoms with Gasteiger partial charge in [0.2, 0.25) is 0 Å². The van der Waals surface area contributed by atoms with Crippen LogP contribution in [0.3, 0.4) is 0 Å². The summed E-state index contributed by atoms with van der Waals surface area (Å²) in [6.45, 7) is 7.42. The summed E-state index contributed by atoms with van der Waals surface area (Å²) >= 11 is 0. The highest BCUT2D eigenvalue weighted by Crippen LogP contribution is 2.34. The fourth-order valence-corrected chi connectivity index (χ4v) is 4.20. The van der Waals surface area contributed by atoms with Crippen molar-refractivity contribution >= 4 is 11.1 Å². The zero-order valence-corrected chi connectivity index (χ0v) is 21.7. The van der Waals surface area contributed by atoms with Gasteiger partial charge < -0.3 is 14.7 Å². The van der Waals surface area contributed by atoms with Gasteiger partial charge in [-0.15, -0.1) is 0 Å². The minimum absolute atomic E-state index is 0.234. The molecule has 0 saturated carbocycles. The number of ether oxygens (including phenoxy) is 1. The highest BCUT2D eigenvalue weighted by molar-refractivity contribution is 6.02. The Labute approximate surface area is 211 Å². The van der Waals surface area contributed by atoms with Crippen LogP contribution in [0.4, 0.5) is 0 Å². The van der Waals surface area contributed by atoms with Gasteiger partial charge >= 0.3 is 0 Å². The molecule has 0 aliphatic rings. The second kappa shape index (κ2) is 12.5. The SMILES string of the molecule is CC(/C=C\C(=C(/c1ccccc1)c1ccc(OCCN(C)C)cc1)c1ccccc1)CC(C)(C)O. The van der Waals surface area contributed by atoms with Crippen LogP contribution in [-0.4, -0.2) is 42.9 Å². The van der Waals surface area contributed by atoms with Crippen molar-refractivity contribution in [2.75, 3.05) is 27.2 Å². The topological polar surface area (TPSA) is 32.7 Å². The van der Waals surface area contributed by atoms with E-state index in [-0.39, 0.29) is 5.92 Å². The lowest BCUT2D eigenvalue weighted by atomic mass is 9.88. The van der Waals surface area contributed by atoms with Gasteiger partial charge in [-0.25, -0.2) is 0 Å². The zero-order valence-electron chi connectivity index (χ0n) is 21.7. The summed E-state index contributed by atoms with van der Waals surface area (Å²) in [5.41, 5.74) is 5.07. The van der Waals surface area contributed by atoms with E-state index in [0.717, 1.165) is 34.6 Å². The Kier molecular flexibility index (Phi) is 9.47. The number of aliphatic hydroxyl groups is 1. The highest BCUT2D eigenvalue weighted by atomic mass is 16.5. The van der Waals surface area contributed by atoms with Crippen molar-refractivity contribution < 1.29 is 9.84 Å².